The molecule has 0 N–H and O–H groups in total. The molecule has 1 aliphatic rings. The maximum atomic E-state index is 11.3. The summed E-state index contributed by atoms with van der Waals surface area (Å²) in [5.41, 5.74) is 0.367. The van der Waals surface area contributed by atoms with E-state index in [4.69, 9.17) is 14.2 Å². The summed E-state index contributed by atoms with van der Waals surface area (Å²) in [6, 6.07) is 0. The molecule has 19 heavy (non-hydrogen) atoms. The zero-order valence-electron chi connectivity index (χ0n) is 11.4. The summed E-state index contributed by atoms with van der Waals surface area (Å²) < 4.78 is 15.2. The van der Waals surface area contributed by atoms with Gasteiger partial charge in [0.1, 0.15) is 13.4 Å². The Bertz CT molecular complexity index is 329. The number of amides is 1. The molecule has 0 atom stereocenters. The summed E-state index contributed by atoms with van der Waals surface area (Å²) in [6.07, 6.45) is 1.58. The minimum Gasteiger partial charge on any atom is -0.460 e. The monoisotopic (exact) mass is 271 g/mol. The molecule has 6 heteroatoms. The van der Waals surface area contributed by atoms with Crippen molar-refractivity contribution < 1.29 is 23.8 Å². The summed E-state index contributed by atoms with van der Waals surface area (Å²) in [7, 11) is 0. The van der Waals surface area contributed by atoms with Gasteiger partial charge in [0.05, 0.1) is 13.2 Å². The van der Waals surface area contributed by atoms with Gasteiger partial charge in [-0.3, -0.25) is 4.79 Å². The van der Waals surface area contributed by atoms with Gasteiger partial charge in [0.25, 0.3) is 0 Å². The lowest BCUT2D eigenvalue weighted by Gasteiger charge is -2.15. The van der Waals surface area contributed by atoms with Gasteiger partial charge in [-0.25, -0.2) is 4.79 Å². The van der Waals surface area contributed by atoms with E-state index in [-0.39, 0.29) is 25.9 Å². The maximum absolute atomic E-state index is 11.3. The second-order valence-electron chi connectivity index (χ2n) is 4.33. The van der Waals surface area contributed by atoms with Crippen molar-refractivity contribution >= 4 is 11.9 Å². The van der Waals surface area contributed by atoms with Crippen LogP contribution in [-0.2, 0) is 23.8 Å². The van der Waals surface area contributed by atoms with E-state index in [1.807, 2.05) is 0 Å². The molecule has 0 aromatic carbocycles. The van der Waals surface area contributed by atoms with Crippen LogP contribution in [0.3, 0.4) is 0 Å². The van der Waals surface area contributed by atoms with Gasteiger partial charge in [-0.2, -0.15) is 0 Å². The van der Waals surface area contributed by atoms with Crippen LogP contribution in [0.4, 0.5) is 0 Å². The molecule has 1 heterocycles. The van der Waals surface area contributed by atoms with Gasteiger partial charge >= 0.3 is 5.97 Å². The Morgan fingerprint density at radius 1 is 1.32 bits per heavy atom. The predicted octanol–water partition coefficient (Wildman–Crippen LogP) is 0.719. The number of carbonyl (C=O) groups excluding carboxylic acids is 2. The van der Waals surface area contributed by atoms with E-state index < -0.39 is 5.97 Å². The molecule has 0 aliphatic carbocycles. The topological polar surface area (TPSA) is 65.1 Å². The summed E-state index contributed by atoms with van der Waals surface area (Å²) in [4.78, 5) is 24.1. The fourth-order valence-electron chi connectivity index (χ4n) is 1.61. The first kappa shape index (κ1) is 15.7. The van der Waals surface area contributed by atoms with E-state index in [1.165, 1.54) is 0 Å². The quantitative estimate of drug-likeness (QED) is 0.267. The third-order valence-corrected chi connectivity index (χ3v) is 2.65. The first-order valence-electron chi connectivity index (χ1n) is 6.37. The first-order chi connectivity index (χ1) is 9.11. The molecule has 0 aromatic rings. The zero-order chi connectivity index (χ0) is 14.1. The molecule has 0 spiro atoms. The second kappa shape index (κ2) is 8.66. The van der Waals surface area contributed by atoms with Crippen molar-refractivity contribution in [3.8, 4) is 0 Å². The largest absolute Gasteiger partial charge is 0.460 e. The lowest BCUT2D eigenvalue weighted by molar-refractivity contribution is -0.142. The fraction of sp³-hybridized carbons (Fsp3) is 0.692. The highest BCUT2D eigenvalue weighted by atomic mass is 16.7. The van der Waals surface area contributed by atoms with E-state index in [2.05, 4.69) is 6.58 Å². The van der Waals surface area contributed by atoms with Gasteiger partial charge in [-0.15, -0.1) is 0 Å². The van der Waals surface area contributed by atoms with Gasteiger partial charge in [0, 0.05) is 25.1 Å². The molecule has 1 amide bonds. The third-order valence-electron chi connectivity index (χ3n) is 2.65. The van der Waals surface area contributed by atoms with Crippen molar-refractivity contribution in [2.75, 3.05) is 39.7 Å². The zero-order valence-corrected chi connectivity index (χ0v) is 11.4. The molecule has 0 aromatic heterocycles. The number of carbonyl (C=O) groups is 2. The van der Waals surface area contributed by atoms with Crippen LogP contribution >= 0.6 is 0 Å². The van der Waals surface area contributed by atoms with Crippen molar-refractivity contribution in [1.29, 1.82) is 0 Å². The molecule has 6 nitrogen and oxygen atoms in total. The van der Waals surface area contributed by atoms with Crippen LogP contribution in [0.15, 0.2) is 12.2 Å². The van der Waals surface area contributed by atoms with Gasteiger partial charge in [0.15, 0.2) is 0 Å². The standard InChI is InChI=1S/C13H21NO5/c1-11(2)13(16)19-9-8-18-10-17-7-6-14-5-3-4-12(14)15/h1,3-10H2,2H3. The van der Waals surface area contributed by atoms with Crippen LogP contribution in [0, 0.1) is 0 Å². The molecule has 0 unspecified atom stereocenters. The Hall–Kier alpha value is -1.40. The van der Waals surface area contributed by atoms with Crippen LogP contribution in [0.5, 0.6) is 0 Å². The molecule has 0 saturated carbocycles. The van der Waals surface area contributed by atoms with E-state index in [1.54, 1.807) is 11.8 Å². The predicted molar refractivity (Wildman–Crippen MR) is 68.4 cm³/mol. The Morgan fingerprint density at radius 3 is 2.68 bits per heavy atom. The van der Waals surface area contributed by atoms with Crippen molar-refractivity contribution in [3.63, 3.8) is 0 Å². The molecule has 0 bridgehead atoms. The normalized spacial score (nSPS) is 14.8. The lowest BCUT2D eigenvalue weighted by atomic mass is 10.4. The number of hydrogen-bond donors (Lipinski definition) is 0. The summed E-state index contributed by atoms with van der Waals surface area (Å²) in [6.45, 7) is 7.53. The Balaban J connectivity index is 1.87. The van der Waals surface area contributed by atoms with E-state index in [0.717, 1.165) is 13.0 Å². The lowest BCUT2D eigenvalue weighted by Crippen LogP contribution is -2.28. The Morgan fingerprint density at radius 2 is 2.05 bits per heavy atom. The number of likely N-dealkylation sites (tertiary alicyclic amines) is 1. The minimum absolute atomic E-state index is 0.132. The SMILES string of the molecule is C=C(C)C(=O)OCCOCOCCN1CCCC1=O. The molecule has 1 aliphatic heterocycles. The van der Waals surface area contributed by atoms with E-state index in [0.29, 0.717) is 25.1 Å². The number of esters is 1. The minimum atomic E-state index is -0.419. The first-order valence-corrected chi connectivity index (χ1v) is 6.37. The van der Waals surface area contributed by atoms with Crippen LogP contribution in [-0.4, -0.2) is 56.5 Å². The van der Waals surface area contributed by atoms with Crippen LogP contribution in [0.2, 0.25) is 0 Å². The average Bonchev–Trinajstić information content (AvgIpc) is 2.78. The molecule has 1 fully saturated rings. The highest BCUT2D eigenvalue weighted by molar-refractivity contribution is 5.86. The van der Waals surface area contributed by atoms with Crippen LogP contribution < -0.4 is 0 Å². The van der Waals surface area contributed by atoms with Gasteiger partial charge < -0.3 is 19.1 Å². The summed E-state index contributed by atoms with van der Waals surface area (Å²) >= 11 is 0. The molecular formula is C13H21NO5. The van der Waals surface area contributed by atoms with Crippen molar-refractivity contribution in [1.82, 2.24) is 4.90 Å². The third kappa shape index (κ3) is 6.35. The number of rotatable bonds is 9. The molecule has 108 valence electrons. The van der Waals surface area contributed by atoms with Crippen molar-refractivity contribution in [3.05, 3.63) is 12.2 Å². The van der Waals surface area contributed by atoms with Crippen LogP contribution in [0.1, 0.15) is 19.8 Å². The number of ether oxygens (including phenoxy) is 3. The second-order valence-corrected chi connectivity index (χ2v) is 4.33. The number of hydrogen-bond acceptors (Lipinski definition) is 5. The maximum Gasteiger partial charge on any atom is 0.333 e. The van der Waals surface area contributed by atoms with Crippen molar-refractivity contribution in [2.45, 2.75) is 19.8 Å². The molecule has 0 radical (unpaired) electrons. The highest BCUT2D eigenvalue weighted by Crippen LogP contribution is 2.08. The fourth-order valence-corrected chi connectivity index (χ4v) is 1.61. The molecule has 1 saturated heterocycles. The van der Waals surface area contributed by atoms with Gasteiger partial charge in [-0.05, 0) is 13.3 Å². The highest BCUT2D eigenvalue weighted by Gasteiger charge is 2.18. The molecular weight excluding hydrogens is 250 g/mol. The Kier molecular flexibility index (Phi) is 7.14. The molecule has 1 rings (SSSR count). The van der Waals surface area contributed by atoms with Crippen molar-refractivity contribution in [2.24, 2.45) is 0 Å². The van der Waals surface area contributed by atoms with Gasteiger partial charge in [-0.1, -0.05) is 6.58 Å². The van der Waals surface area contributed by atoms with Crippen LogP contribution in [0.25, 0.3) is 0 Å². The summed E-state index contributed by atoms with van der Waals surface area (Å²) in [5, 5.41) is 0. The van der Waals surface area contributed by atoms with Gasteiger partial charge in [0.2, 0.25) is 5.91 Å². The average molecular weight is 271 g/mol. The summed E-state index contributed by atoms with van der Waals surface area (Å²) in [5.74, 6) is -0.228. The smallest absolute Gasteiger partial charge is 0.333 e. The van der Waals surface area contributed by atoms with E-state index >= 15 is 0 Å². The van der Waals surface area contributed by atoms with E-state index in [9.17, 15) is 9.59 Å². The Labute approximate surface area is 113 Å². The number of nitrogens with zero attached hydrogens (tertiary/aromatic N) is 1.